The van der Waals surface area contributed by atoms with Crippen molar-refractivity contribution in [3.63, 3.8) is 0 Å². The fourth-order valence-corrected chi connectivity index (χ4v) is 1.21. The van der Waals surface area contributed by atoms with Crippen molar-refractivity contribution >= 4 is 5.69 Å². The largest absolute Gasteiger partial charge is 0.490 e. The highest BCUT2D eigenvalue weighted by Crippen LogP contribution is 2.31. The lowest BCUT2D eigenvalue weighted by Crippen LogP contribution is -2.15. The molecule has 0 heterocycles. The number of benzene rings is 1. The number of rotatable bonds is 3. The third-order valence-electron chi connectivity index (χ3n) is 2.08. The van der Waals surface area contributed by atoms with Crippen LogP contribution >= 0.6 is 0 Å². The van der Waals surface area contributed by atoms with E-state index in [0.717, 1.165) is 0 Å². The number of ether oxygens (including phenoxy) is 1. The average Bonchev–Trinajstić information content (AvgIpc) is 2.15. The molecule has 0 spiro atoms. The second kappa shape index (κ2) is 3.86. The molecule has 15 heavy (non-hydrogen) atoms. The molecule has 0 unspecified atom stereocenters. The summed E-state index contributed by atoms with van der Waals surface area (Å²) in [6, 6.07) is 4.31. The highest BCUT2D eigenvalue weighted by molar-refractivity contribution is 5.49. The quantitative estimate of drug-likeness (QED) is 0.611. The number of aliphatic hydroxyl groups is 1. The molecule has 0 atom stereocenters. The van der Waals surface area contributed by atoms with Gasteiger partial charge in [-0.1, -0.05) is 0 Å². The van der Waals surface area contributed by atoms with Crippen LogP contribution < -0.4 is 4.74 Å². The summed E-state index contributed by atoms with van der Waals surface area (Å²) in [6.07, 6.45) is 0. The molecule has 0 saturated heterocycles. The first-order chi connectivity index (χ1) is 6.86. The minimum absolute atomic E-state index is 0.106. The van der Waals surface area contributed by atoms with Gasteiger partial charge in [0.2, 0.25) is 0 Å². The van der Waals surface area contributed by atoms with Gasteiger partial charge < -0.3 is 9.84 Å². The van der Waals surface area contributed by atoms with Gasteiger partial charge in [0.25, 0.3) is 0 Å². The summed E-state index contributed by atoms with van der Waals surface area (Å²) < 4.78 is 4.89. The summed E-state index contributed by atoms with van der Waals surface area (Å²) in [5.41, 5.74) is -0.571. The van der Waals surface area contributed by atoms with Gasteiger partial charge in [-0.3, -0.25) is 10.1 Å². The summed E-state index contributed by atoms with van der Waals surface area (Å²) >= 11 is 0. The Hall–Kier alpha value is -1.62. The second-order valence-electron chi connectivity index (χ2n) is 3.70. The predicted octanol–water partition coefficient (Wildman–Crippen LogP) is 1.83. The summed E-state index contributed by atoms with van der Waals surface area (Å²) in [5, 5.41) is 20.3. The maximum absolute atomic E-state index is 10.6. The Kier molecular flexibility index (Phi) is 2.95. The second-order valence-corrected chi connectivity index (χ2v) is 3.70. The van der Waals surface area contributed by atoms with E-state index in [0.29, 0.717) is 5.56 Å². The van der Waals surface area contributed by atoms with Crippen LogP contribution in [0.25, 0.3) is 0 Å². The zero-order valence-electron chi connectivity index (χ0n) is 8.85. The molecule has 1 aromatic carbocycles. The maximum Gasteiger partial charge on any atom is 0.310 e. The van der Waals surface area contributed by atoms with Crippen LogP contribution in [0.15, 0.2) is 18.2 Å². The average molecular weight is 211 g/mol. The molecule has 1 aromatic rings. The summed E-state index contributed by atoms with van der Waals surface area (Å²) in [6.45, 7) is 3.21. The van der Waals surface area contributed by atoms with Crippen molar-refractivity contribution < 1.29 is 14.8 Å². The minimum Gasteiger partial charge on any atom is -0.490 e. The summed E-state index contributed by atoms with van der Waals surface area (Å²) in [4.78, 5) is 10.1. The third-order valence-corrected chi connectivity index (χ3v) is 2.08. The zero-order valence-corrected chi connectivity index (χ0v) is 8.85. The lowest BCUT2D eigenvalue weighted by atomic mass is 9.98. The van der Waals surface area contributed by atoms with Crippen LogP contribution in [-0.2, 0) is 5.60 Å². The Morgan fingerprint density at radius 1 is 1.47 bits per heavy atom. The number of hydrogen-bond acceptors (Lipinski definition) is 4. The standard InChI is InChI=1S/C10H13NO4/c1-10(2,12)7-4-5-8(11(13)14)9(6-7)15-3/h4-6,12H,1-3H3. The van der Waals surface area contributed by atoms with Crippen LogP contribution in [0.2, 0.25) is 0 Å². The molecule has 0 saturated carbocycles. The van der Waals surface area contributed by atoms with E-state index in [-0.39, 0.29) is 11.4 Å². The van der Waals surface area contributed by atoms with Gasteiger partial charge in [0.1, 0.15) is 0 Å². The molecule has 1 rings (SSSR count). The van der Waals surface area contributed by atoms with E-state index in [2.05, 4.69) is 0 Å². The molecule has 0 aliphatic carbocycles. The van der Waals surface area contributed by atoms with Crippen LogP contribution in [-0.4, -0.2) is 17.1 Å². The molecule has 1 N–H and O–H groups in total. The van der Waals surface area contributed by atoms with E-state index in [4.69, 9.17) is 4.74 Å². The monoisotopic (exact) mass is 211 g/mol. The lowest BCUT2D eigenvalue weighted by molar-refractivity contribution is -0.385. The molecule has 5 heteroatoms. The van der Waals surface area contributed by atoms with E-state index in [1.54, 1.807) is 13.8 Å². The molecule has 0 aliphatic rings. The topological polar surface area (TPSA) is 72.6 Å². The molecule has 0 amide bonds. The Morgan fingerprint density at radius 3 is 2.47 bits per heavy atom. The molecule has 0 aliphatic heterocycles. The van der Waals surface area contributed by atoms with Gasteiger partial charge in [-0.15, -0.1) is 0 Å². The molecule has 82 valence electrons. The van der Waals surface area contributed by atoms with Gasteiger partial charge >= 0.3 is 5.69 Å². The van der Waals surface area contributed by atoms with Crippen LogP contribution in [0.4, 0.5) is 5.69 Å². The molecule has 0 bridgehead atoms. The number of nitro groups is 1. The fourth-order valence-electron chi connectivity index (χ4n) is 1.21. The van der Waals surface area contributed by atoms with Gasteiger partial charge in [-0.05, 0) is 31.5 Å². The summed E-state index contributed by atoms with van der Waals surface area (Å²) in [7, 11) is 1.36. The molecule has 0 fully saturated rings. The van der Waals surface area contributed by atoms with Crippen LogP contribution in [0.1, 0.15) is 19.4 Å². The Balaban J connectivity index is 3.25. The molecule has 0 radical (unpaired) electrons. The SMILES string of the molecule is COc1cc(C(C)(C)O)ccc1[N+](=O)[O-]. The maximum atomic E-state index is 10.6. The van der Waals surface area contributed by atoms with E-state index in [1.807, 2.05) is 0 Å². The Labute approximate surface area is 87.5 Å². The van der Waals surface area contributed by atoms with Crippen molar-refractivity contribution in [3.8, 4) is 5.75 Å². The summed E-state index contributed by atoms with van der Waals surface area (Å²) in [5.74, 6) is 0.152. The van der Waals surface area contributed by atoms with Crippen molar-refractivity contribution in [2.45, 2.75) is 19.4 Å². The number of methoxy groups -OCH3 is 1. The normalized spacial score (nSPS) is 11.2. The molecule has 5 nitrogen and oxygen atoms in total. The smallest absolute Gasteiger partial charge is 0.310 e. The highest BCUT2D eigenvalue weighted by atomic mass is 16.6. The van der Waals surface area contributed by atoms with E-state index >= 15 is 0 Å². The van der Waals surface area contributed by atoms with Gasteiger partial charge in [0.15, 0.2) is 5.75 Å². The zero-order chi connectivity index (χ0) is 11.6. The number of nitrogens with zero attached hydrogens (tertiary/aromatic N) is 1. The van der Waals surface area contributed by atoms with Gasteiger partial charge in [0, 0.05) is 6.07 Å². The van der Waals surface area contributed by atoms with Crippen molar-refractivity contribution in [1.29, 1.82) is 0 Å². The van der Waals surface area contributed by atoms with Gasteiger partial charge in [0.05, 0.1) is 17.6 Å². The van der Waals surface area contributed by atoms with E-state index in [9.17, 15) is 15.2 Å². The van der Waals surface area contributed by atoms with Crippen LogP contribution in [0, 0.1) is 10.1 Å². The number of hydrogen-bond donors (Lipinski definition) is 1. The first-order valence-corrected chi connectivity index (χ1v) is 4.41. The third kappa shape index (κ3) is 2.44. The van der Waals surface area contributed by atoms with Crippen LogP contribution in [0.5, 0.6) is 5.75 Å². The highest BCUT2D eigenvalue weighted by Gasteiger charge is 2.21. The Bertz CT molecular complexity index is 381. The molecular formula is C10H13NO4. The molecule has 0 aromatic heterocycles. The predicted molar refractivity (Wildman–Crippen MR) is 54.9 cm³/mol. The van der Waals surface area contributed by atoms with Gasteiger partial charge in [-0.25, -0.2) is 0 Å². The lowest BCUT2D eigenvalue weighted by Gasteiger charge is -2.18. The van der Waals surface area contributed by atoms with E-state index in [1.165, 1.54) is 25.3 Å². The molecular weight excluding hydrogens is 198 g/mol. The fraction of sp³-hybridized carbons (Fsp3) is 0.400. The Morgan fingerprint density at radius 2 is 2.07 bits per heavy atom. The number of nitro benzene ring substituents is 1. The van der Waals surface area contributed by atoms with Crippen molar-refractivity contribution in [2.24, 2.45) is 0 Å². The van der Waals surface area contributed by atoms with Crippen molar-refractivity contribution in [3.05, 3.63) is 33.9 Å². The van der Waals surface area contributed by atoms with E-state index < -0.39 is 10.5 Å². The van der Waals surface area contributed by atoms with Crippen molar-refractivity contribution in [1.82, 2.24) is 0 Å². The van der Waals surface area contributed by atoms with Crippen molar-refractivity contribution in [2.75, 3.05) is 7.11 Å². The van der Waals surface area contributed by atoms with Crippen LogP contribution in [0.3, 0.4) is 0 Å². The first-order valence-electron chi connectivity index (χ1n) is 4.41. The first kappa shape index (κ1) is 11.5. The van der Waals surface area contributed by atoms with Gasteiger partial charge in [-0.2, -0.15) is 0 Å². The minimum atomic E-state index is -1.04.